The Bertz CT molecular complexity index is 132. The minimum absolute atomic E-state index is 0.205. The monoisotopic (exact) mass is 127 g/mol. The van der Waals surface area contributed by atoms with E-state index in [0.29, 0.717) is 0 Å². The fourth-order valence-electron chi connectivity index (χ4n) is 0.823. The van der Waals surface area contributed by atoms with Gasteiger partial charge in [0, 0.05) is 11.8 Å². The van der Waals surface area contributed by atoms with Crippen molar-refractivity contribution in [1.29, 1.82) is 0 Å². The highest BCUT2D eigenvalue weighted by molar-refractivity contribution is 5.89. The van der Waals surface area contributed by atoms with Gasteiger partial charge < -0.3 is 4.84 Å². The Balaban J connectivity index is 2.61. The Morgan fingerprint density at radius 3 is 2.33 bits per heavy atom. The van der Waals surface area contributed by atoms with Crippen LogP contribution in [0.25, 0.3) is 0 Å². The fraction of sp³-hybridized carbons (Fsp3) is 0.857. The van der Waals surface area contributed by atoms with E-state index in [4.69, 9.17) is 4.84 Å². The Morgan fingerprint density at radius 2 is 2.11 bits per heavy atom. The van der Waals surface area contributed by atoms with E-state index >= 15 is 0 Å². The van der Waals surface area contributed by atoms with Crippen LogP contribution in [0.3, 0.4) is 0 Å². The lowest BCUT2D eigenvalue weighted by Gasteiger charge is -2.15. The summed E-state index contributed by atoms with van der Waals surface area (Å²) < 4.78 is 0. The Labute approximate surface area is 55.9 Å². The molecule has 0 fully saturated rings. The van der Waals surface area contributed by atoms with Crippen LogP contribution in [0.1, 0.15) is 27.2 Å². The molecule has 0 amide bonds. The van der Waals surface area contributed by atoms with Crippen molar-refractivity contribution in [3.8, 4) is 0 Å². The molecular formula is C7H13NO. The smallest absolute Gasteiger partial charge is 0.122 e. The predicted octanol–water partition coefficient (Wildman–Crippen LogP) is 1.81. The highest BCUT2D eigenvalue weighted by Crippen LogP contribution is 2.21. The average molecular weight is 127 g/mol. The van der Waals surface area contributed by atoms with Crippen LogP contribution in [0.4, 0.5) is 0 Å². The van der Waals surface area contributed by atoms with Gasteiger partial charge in [-0.15, -0.1) is 0 Å². The van der Waals surface area contributed by atoms with Crippen molar-refractivity contribution in [2.75, 3.05) is 6.61 Å². The second kappa shape index (κ2) is 2.01. The summed E-state index contributed by atoms with van der Waals surface area (Å²) in [4.78, 5) is 4.87. The quantitative estimate of drug-likeness (QED) is 0.486. The van der Waals surface area contributed by atoms with Gasteiger partial charge in [-0.1, -0.05) is 25.9 Å². The van der Waals surface area contributed by atoms with Crippen molar-refractivity contribution in [3.05, 3.63) is 0 Å². The summed E-state index contributed by atoms with van der Waals surface area (Å²) in [6, 6.07) is 0. The molecule has 1 aliphatic rings. The molecule has 0 radical (unpaired) electrons. The molecule has 0 aromatic carbocycles. The zero-order valence-electron chi connectivity index (χ0n) is 6.27. The molecule has 0 aliphatic carbocycles. The van der Waals surface area contributed by atoms with Gasteiger partial charge in [-0.05, 0) is 0 Å². The van der Waals surface area contributed by atoms with Crippen LogP contribution >= 0.6 is 0 Å². The molecule has 0 aromatic heterocycles. The normalized spacial score (nSPS) is 19.2. The average Bonchev–Trinajstić information content (AvgIpc) is 2.08. The maximum Gasteiger partial charge on any atom is 0.122 e. The van der Waals surface area contributed by atoms with Crippen molar-refractivity contribution in [3.63, 3.8) is 0 Å². The zero-order valence-corrected chi connectivity index (χ0v) is 6.27. The lowest BCUT2D eigenvalue weighted by atomic mass is 9.89. The van der Waals surface area contributed by atoms with E-state index in [9.17, 15) is 0 Å². The van der Waals surface area contributed by atoms with E-state index in [1.807, 2.05) is 0 Å². The first-order valence-corrected chi connectivity index (χ1v) is 3.30. The third-order valence-corrected chi connectivity index (χ3v) is 1.47. The molecule has 1 aliphatic heterocycles. The molecule has 0 saturated carbocycles. The van der Waals surface area contributed by atoms with E-state index in [1.165, 1.54) is 5.71 Å². The summed E-state index contributed by atoms with van der Waals surface area (Å²) in [5.74, 6) is 0. The molecule has 0 unspecified atom stereocenters. The molecule has 0 atom stereocenters. The van der Waals surface area contributed by atoms with Gasteiger partial charge in [0.05, 0.1) is 5.71 Å². The summed E-state index contributed by atoms with van der Waals surface area (Å²) in [7, 11) is 0. The maximum absolute atomic E-state index is 4.87. The van der Waals surface area contributed by atoms with Crippen LogP contribution in [0.15, 0.2) is 5.16 Å². The Morgan fingerprint density at radius 1 is 1.44 bits per heavy atom. The lowest BCUT2D eigenvalue weighted by molar-refractivity contribution is 0.173. The number of hydrogen-bond acceptors (Lipinski definition) is 2. The molecular weight excluding hydrogens is 114 g/mol. The van der Waals surface area contributed by atoms with Crippen LogP contribution in [0, 0.1) is 5.41 Å². The molecule has 0 saturated heterocycles. The first-order valence-electron chi connectivity index (χ1n) is 3.30. The van der Waals surface area contributed by atoms with Crippen molar-refractivity contribution in [2.45, 2.75) is 27.2 Å². The molecule has 0 spiro atoms. The topological polar surface area (TPSA) is 21.6 Å². The Hall–Kier alpha value is -0.530. The van der Waals surface area contributed by atoms with Gasteiger partial charge in [-0.2, -0.15) is 0 Å². The second-order valence-electron chi connectivity index (χ2n) is 3.37. The van der Waals surface area contributed by atoms with Gasteiger partial charge in [0.15, 0.2) is 0 Å². The summed E-state index contributed by atoms with van der Waals surface area (Å²) in [5, 5.41) is 3.92. The van der Waals surface area contributed by atoms with Crippen molar-refractivity contribution in [1.82, 2.24) is 0 Å². The molecule has 0 aromatic rings. The van der Waals surface area contributed by atoms with E-state index in [-0.39, 0.29) is 5.41 Å². The summed E-state index contributed by atoms with van der Waals surface area (Å²) in [5.41, 5.74) is 1.39. The van der Waals surface area contributed by atoms with E-state index in [2.05, 4.69) is 25.9 Å². The van der Waals surface area contributed by atoms with Crippen LogP contribution in [-0.4, -0.2) is 12.3 Å². The highest BCUT2D eigenvalue weighted by Gasteiger charge is 2.22. The van der Waals surface area contributed by atoms with E-state index < -0.39 is 0 Å². The molecule has 9 heavy (non-hydrogen) atoms. The largest absolute Gasteiger partial charge is 0.395 e. The zero-order chi connectivity index (χ0) is 6.91. The third-order valence-electron chi connectivity index (χ3n) is 1.47. The number of rotatable bonds is 0. The standard InChI is InChI=1S/C7H13NO/c1-7(2,3)6-4-5-9-8-6/h4-5H2,1-3H3. The first-order chi connectivity index (χ1) is 4.11. The molecule has 1 heterocycles. The number of oxime groups is 1. The van der Waals surface area contributed by atoms with Crippen LogP contribution in [0.5, 0.6) is 0 Å². The molecule has 2 nitrogen and oxygen atoms in total. The molecule has 1 rings (SSSR count). The van der Waals surface area contributed by atoms with Crippen molar-refractivity contribution >= 4 is 5.71 Å². The number of hydrogen-bond donors (Lipinski definition) is 0. The van der Waals surface area contributed by atoms with Gasteiger partial charge in [-0.25, -0.2) is 0 Å². The highest BCUT2D eigenvalue weighted by atomic mass is 16.6. The maximum atomic E-state index is 4.87. The minimum atomic E-state index is 0.205. The van der Waals surface area contributed by atoms with Crippen LogP contribution in [-0.2, 0) is 4.84 Å². The number of nitrogens with zero attached hydrogens (tertiary/aromatic N) is 1. The lowest BCUT2D eigenvalue weighted by Crippen LogP contribution is -2.17. The van der Waals surface area contributed by atoms with Crippen molar-refractivity contribution in [2.24, 2.45) is 10.6 Å². The van der Waals surface area contributed by atoms with Gasteiger partial charge in [0.2, 0.25) is 0 Å². The third kappa shape index (κ3) is 1.44. The van der Waals surface area contributed by atoms with Crippen LogP contribution < -0.4 is 0 Å². The van der Waals surface area contributed by atoms with E-state index in [1.54, 1.807) is 0 Å². The molecule has 0 N–H and O–H groups in total. The summed E-state index contributed by atoms with van der Waals surface area (Å²) in [6.07, 6.45) is 1.00. The molecule has 0 bridgehead atoms. The predicted molar refractivity (Wildman–Crippen MR) is 37.5 cm³/mol. The second-order valence-corrected chi connectivity index (χ2v) is 3.37. The van der Waals surface area contributed by atoms with Gasteiger partial charge in [0.25, 0.3) is 0 Å². The van der Waals surface area contributed by atoms with Gasteiger partial charge >= 0.3 is 0 Å². The summed E-state index contributed by atoms with van der Waals surface area (Å²) in [6.45, 7) is 7.23. The molecule has 52 valence electrons. The minimum Gasteiger partial charge on any atom is -0.395 e. The van der Waals surface area contributed by atoms with Gasteiger partial charge in [-0.3, -0.25) is 0 Å². The van der Waals surface area contributed by atoms with E-state index in [0.717, 1.165) is 13.0 Å². The Kier molecular flexibility index (Phi) is 1.47. The van der Waals surface area contributed by atoms with Gasteiger partial charge in [0.1, 0.15) is 6.61 Å². The SMILES string of the molecule is CC(C)(C)C1=NOCC1. The molecule has 2 heteroatoms. The van der Waals surface area contributed by atoms with Crippen molar-refractivity contribution < 1.29 is 4.84 Å². The summed E-state index contributed by atoms with van der Waals surface area (Å²) >= 11 is 0. The first kappa shape index (κ1) is 6.59. The van der Waals surface area contributed by atoms with Crippen LogP contribution in [0.2, 0.25) is 0 Å². The fourth-order valence-corrected chi connectivity index (χ4v) is 0.823.